The minimum atomic E-state index is -0.833. The minimum Gasteiger partial charge on any atom is -0.350 e. The predicted octanol–water partition coefficient (Wildman–Crippen LogP) is 2.30. The van der Waals surface area contributed by atoms with Crippen LogP contribution in [-0.4, -0.2) is 25.3 Å². The summed E-state index contributed by atoms with van der Waals surface area (Å²) >= 11 is 5.97. The summed E-state index contributed by atoms with van der Waals surface area (Å²) in [7, 11) is 0. The van der Waals surface area contributed by atoms with Crippen LogP contribution in [0.5, 0.6) is 0 Å². The van der Waals surface area contributed by atoms with E-state index in [-0.39, 0.29) is 0 Å². The maximum Gasteiger partial charge on any atom is 0.331 e. The van der Waals surface area contributed by atoms with Crippen molar-refractivity contribution in [2.75, 3.05) is 5.43 Å². The monoisotopic (exact) mass is 368 g/mol. The number of fused-ring (bicyclic) bond motifs is 3. The van der Waals surface area contributed by atoms with Gasteiger partial charge in [0.1, 0.15) is 0 Å². The maximum absolute atomic E-state index is 12.5. The molecule has 0 saturated heterocycles. The highest BCUT2D eigenvalue weighted by atomic mass is 35.5. The summed E-state index contributed by atoms with van der Waals surface area (Å²) in [5.41, 5.74) is 10.6. The number of carbonyl (C=O) groups excluding carboxylic acids is 1. The van der Waals surface area contributed by atoms with Gasteiger partial charge in [0.25, 0.3) is 5.56 Å². The summed E-state index contributed by atoms with van der Waals surface area (Å²) in [5, 5.41) is 5.48. The average molecular weight is 369 g/mol. The number of urea groups is 1. The third-order valence-electron chi connectivity index (χ3n) is 4.05. The van der Waals surface area contributed by atoms with Gasteiger partial charge in [-0.1, -0.05) is 23.7 Å². The topological polar surface area (TPSA) is 107 Å². The van der Waals surface area contributed by atoms with Crippen LogP contribution in [0.15, 0.2) is 47.5 Å². The van der Waals surface area contributed by atoms with Gasteiger partial charge in [-0.25, -0.2) is 24.4 Å². The second-order valence-electron chi connectivity index (χ2n) is 5.73. The lowest BCUT2D eigenvalue weighted by molar-refractivity contribution is 0.257. The third-order valence-corrected chi connectivity index (χ3v) is 4.30. The lowest BCUT2D eigenvalue weighted by Crippen LogP contribution is -2.35. The zero-order valence-electron chi connectivity index (χ0n) is 13.6. The van der Waals surface area contributed by atoms with Crippen molar-refractivity contribution in [2.45, 2.75) is 6.92 Å². The molecule has 3 heterocycles. The molecule has 0 unspecified atom stereocenters. The van der Waals surface area contributed by atoms with E-state index in [9.17, 15) is 9.59 Å². The van der Waals surface area contributed by atoms with Crippen molar-refractivity contribution in [1.29, 1.82) is 0 Å². The van der Waals surface area contributed by atoms with E-state index in [1.165, 1.54) is 12.4 Å². The smallest absolute Gasteiger partial charge is 0.331 e. The number of nitrogens with zero attached hydrogens (tertiary/aromatic N) is 4. The van der Waals surface area contributed by atoms with Crippen molar-refractivity contribution in [3.63, 3.8) is 0 Å². The molecule has 3 N–H and O–H groups in total. The van der Waals surface area contributed by atoms with Crippen LogP contribution in [0.1, 0.15) is 5.69 Å². The second kappa shape index (κ2) is 5.85. The molecular formula is C17H13ClN6O2. The van der Waals surface area contributed by atoms with Crippen molar-refractivity contribution in [1.82, 2.24) is 19.3 Å². The molecule has 3 aromatic heterocycles. The molecule has 4 aromatic rings. The molecule has 0 aliphatic rings. The number of halogens is 1. The first-order chi connectivity index (χ1) is 12.5. The van der Waals surface area contributed by atoms with Crippen LogP contribution in [0.4, 0.5) is 4.79 Å². The molecule has 130 valence electrons. The van der Waals surface area contributed by atoms with Crippen molar-refractivity contribution >= 4 is 34.2 Å². The Balaban J connectivity index is 1.99. The summed E-state index contributed by atoms with van der Waals surface area (Å²) in [6.07, 6.45) is 2.89. The van der Waals surface area contributed by atoms with Crippen LogP contribution < -0.4 is 16.7 Å². The zero-order chi connectivity index (χ0) is 18.4. The highest BCUT2D eigenvalue weighted by Gasteiger charge is 2.16. The van der Waals surface area contributed by atoms with Gasteiger partial charge >= 0.3 is 6.03 Å². The van der Waals surface area contributed by atoms with Crippen molar-refractivity contribution in [2.24, 2.45) is 5.73 Å². The highest BCUT2D eigenvalue weighted by Crippen LogP contribution is 2.29. The van der Waals surface area contributed by atoms with Gasteiger partial charge < -0.3 is 5.73 Å². The van der Waals surface area contributed by atoms with Crippen LogP contribution in [0.2, 0.25) is 5.02 Å². The van der Waals surface area contributed by atoms with Gasteiger partial charge in [-0.15, -0.1) is 0 Å². The standard InChI is InChI=1S/C17H13ClN6O2/c1-9-14(10-2-4-11(18)5-3-10)15-20-8-12-13(24(15)21-9)6-7-23(16(12)25)22-17(19)26/h2-8H,1H3,(H3,19,22,26). The van der Waals surface area contributed by atoms with Gasteiger partial charge in [0.15, 0.2) is 5.65 Å². The normalized spacial score (nSPS) is 11.2. The first-order valence-corrected chi connectivity index (χ1v) is 8.05. The molecule has 26 heavy (non-hydrogen) atoms. The minimum absolute atomic E-state index is 0.305. The number of primary amides is 1. The molecule has 0 radical (unpaired) electrons. The molecule has 0 spiro atoms. The van der Waals surface area contributed by atoms with Gasteiger partial charge in [0, 0.05) is 23.0 Å². The van der Waals surface area contributed by atoms with Crippen LogP contribution in [0, 0.1) is 6.92 Å². The molecule has 1 aromatic carbocycles. The van der Waals surface area contributed by atoms with E-state index in [2.05, 4.69) is 15.5 Å². The quantitative estimate of drug-likeness (QED) is 0.566. The van der Waals surface area contributed by atoms with E-state index in [0.717, 1.165) is 21.5 Å². The van der Waals surface area contributed by atoms with Crippen molar-refractivity contribution in [3.05, 3.63) is 63.8 Å². The molecule has 2 amide bonds. The number of aryl methyl sites for hydroxylation is 1. The number of rotatable bonds is 2. The van der Waals surface area contributed by atoms with E-state index in [4.69, 9.17) is 17.3 Å². The first-order valence-electron chi connectivity index (χ1n) is 7.68. The number of pyridine rings is 1. The molecule has 9 heteroatoms. The average Bonchev–Trinajstić information content (AvgIpc) is 2.94. The SMILES string of the molecule is Cc1nn2c(ncc3c(=O)n(NC(N)=O)ccc32)c1-c1ccc(Cl)cc1. The van der Waals surface area contributed by atoms with Gasteiger partial charge in [0.05, 0.1) is 16.6 Å². The number of hydrogen-bond acceptors (Lipinski definition) is 4. The van der Waals surface area contributed by atoms with Gasteiger partial charge in [-0.3, -0.25) is 4.79 Å². The fraction of sp³-hybridized carbons (Fsp3) is 0.0588. The molecule has 0 bridgehead atoms. The molecule has 0 atom stereocenters. The molecule has 0 saturated carbocycles. The first kappa shape index (κ1) is 16.1. The maximum atomic E-state index is 12.5. The molecular weight excluding hydrogens is 356 g/mol. The van der Waals surface area contributed by atoms with Crippen LogP contribution in [0.25, 0.3) is 27.7 Å². The Bertz CT molecular complexity index is 1230. The number of nitrogens with two attached hydrogens (primary N) is 1. The molecule has 0 aliphatic carbocycles. The fourth-order valence-electron chi connectivity index (χ4n) is 2.94. The molecule has 8 nitrogen and oxygen atoms in total. The summed E-state index contributed by atoms with van der Waals surface area (Å²) in [5.74, 6) is 0. The molecule has 4 rings (SSSR count). The van der Waals surface area contributed by atoms with Gasteiger partial charge in [0.2, 0.25) is 0 Å². The van der Waals surface area contributed by atoms with E-state index < -0.39 is 11.6 Å². The Hall–Kier alpha value is -3.39. The predicted molar refractivity (Wildman–Crippen MR) is 98.9 cm³/mol. The van der Waals surface area contributed by atoms with E-state index >= 15 is 0 Å². The Kier molecular flexibility index (Phi) is 3.62. The van der Waals surface area contributed by atoms with Gasteiger partial charge in [-0.2, -0.15) is 5.10 Å². The highest BCUT2D eigenvalue weighted by molar-refractivity contribution is 6.30. The Morgan fingerprint density at radius 2 is 1.96 bits per heavy atom. The van der Waals surface area contributed by atoms with Crippen LogP contribution >= 0.6 is 11.6 Å². The van der Waals surface area contributed by atoms with E-state index in [1.807, 2.05) is 19.1 Å². The lowest BCUT2D eigenvalue weighted by Gasteiger charge is -2.07. The summed E-state index contributed by atoms with van der Waals surface area (Å²) < 4.78 is 2.62. The van der Waals surface area contributed by atoms with Crippen molar-refractivity contribution in [3.8, 4) is 11.1 Å². The van der Waals surface area contributed by atoms with E-state index in [0.29, 0.717) is 21.6 Å². The van der Waals surface area contributed by atoms with Crippen LogP contribution in [0.3, 0.4) is 0 Å². The Morgan fingerprint density at radius 3 is 2.65 bits per heavy atom. The van der Waals surface area contributed by atoms with Crippen LogP contribution in [-0.2, 0) is 0 Å². The molecule has 0 aliphatic heterocycles. The second-order valence-corrected chi connectivity index (χ2v) is 6.16. The fourth-order valence-corrected chi connectivity index (χ4v) is 3.06. The zero-order valence-corrected chi connectivity index (χ0v) is 14.4. The number of benzene rings is 1. The number of nitrogens with one attached hydrogen (secondary N) is 1. The lowest BCUT2D eigenvalue weighted by atomic mass is 10.1. The number of hydrogen-bond donors (Lipinski definition) is 2. The largest absolute Gasteiger partial charge is 0.350 e. The van der Waals surface area contributed by atoms with E-state index in [1.54, 1.807) is 22.7 Å². The summed E-state index contributed by atoms with van der Waals surface area (Å²) in [4.78, 5) is 27.9. The number of aromatic nitrogens is 4. The third kappa shape index (κ3) is 2.47. The summed E-state index contributed by atoms with van der Waals surface area (Å²) in [6, 6.07) is 8.23. The molecule has 0 fully saturated rings. The summed E-state index contributed by atoms with van der Waals surface area (Å²) in [6.45, 7) is 1.88. The van der Waals surface area contributed by atoms with Gasteiger partial charge in [-0.05, 0) is 30.7 Å². The van der Waals surface area contributed by atoms with Crippen molar-refractivity contribution < 1.29 is 4.79 Å². The number of carbonyl (C=O) groups is 1. The Morgan fingerprint density at radius 1 is 1.23 bits per heavy atom. The Labute approximate surface area is 151 Å². The number of amides is 2.